The highest BCUT2D eigenvalue weighted by atomic mass is 16.5. The van der Waals surface area contributed by atoms with E-state index in [2.05, 4.69) is 39.1 Å². The lowest BCUT2D eigenvalue weighted by Gasteiger charge is -2.20. The van der Waals surface area contributed by atoms with Crippen LogP contribution in [-0.4, -0.2) is 17.8 Å². The summed E-state index contributed by atoms with van der Waals surface area (Å²) in [6, 6.07) is 2.28. The number of hydrogen-bond donors (Lipinski definition) is 1. The molecule has 1 aromatic rings. The lowest BCUT2D eigenvalue weighted by Crippen LogP contribution is -2.23. The Balaban J connectivity index is 2.22. The fourth-order valence-corrected chi connectivity index (χ4v) is 3.58. The van der Waals surface area contributed by atoms with E-state index in [0.717, 1.165) is 37.3 Å². The van der Waals surface area contributed by atoms with Crippen molar-refractivity contribution in [2.45, 2.75) is 66.4 Å². The lowest BCUT2D eigenvalue weighted by atomic mass is 9.87. The molecule has 1 aliphatic rings. The number of imide groups is 1. The lowest BCUT2D eigenvalue weighted by molar-refractivity contribution is -0.144. The van der Waals surface area contributed by atoms with Gasteiger partial charge in [-0.15, -0.1) is 0 Å². The van der Waals surface area contributed by atoms with Crippen LogP contribution in [0.15, 0.2) is 17.7 Å². The first kappa shape index (κ1) is 19.9. The summed E-state index contributed by atoms with van der Waals surface area (Å²) in [6.07, 6.45) is 4.62. The average molecular weight is 357 g/mol. The number of carbonyl (C=O) groups excluding carboxylic acids is 3. The van der Waals surface area contributed by atoms with Crippen LogP contribution in [0, 0.1) is 0 Å². The number of rotatable bonds is 8. The van der Waals surface area contributed by atoms with Crippen molar-refractivity contribution in [1.82, 2.24) is 5.32 Å². The highest BCUT2D eigenvalue weighted by Gasteiger charge is 2.24. The number of carbonyl (C=O) groups is 3. The van der Waals surface area contributed by atoms with E-state index >= 15 is 0 Å². The van der Waals surface area contributed by atoms with Crippen molar-refractivity contribution in [1.29, 1.82) is 0 Å². The zero-order chi connectivity index (χ0) is 19.3. The molecule has 2 rings (SSSR count). The van der Waals surface area contributed by atoms with Crippen LogP contribution in [0.5, 0.6) is 0 Å². The molecular weight excluding hydrogens is 330 g/mol. The van der Waals surface area contributed by atoms with Gasteiger partial charge < -0.3 is 4.74 Å². The number of esters is 1. The van der Waals surface area contributed by atoms with Gasteiger partial charge in [0.15, 0.2) is 0 Å². The molecule has 1 aliphatic heterocycles. The summed E-state index contributed by atoms with van der Waals surface area (Å²) in [4.78, 5) is 34.9. The van der Waals surface area contributed by atoms with Gasteiger partial charge >= 0.3 is 5.97 Å². The number of nitrogens with one attached hydrogen (secondary N) is 1. The van der Waals surface area contributed by atoms with Crippen LogP contribution in [0.3, 0.4) is 0 Å². The molecule has 0 atom stereocenters. The molecule has 0 aromatic heterocycles. The van der Waals surface area contributed by atoms with E-state index in [4.69, 9.17) is 4.74 Å². The van der Waals surface area contributed by atoms with Crippen LogP contribution in [-0.2, 0) is 51.4 Å². The first-order valence-corrected chi connectivity index (χ1v) is 9.31. The zero-order valence-corrected chi connectivity index (χ0v) is 16.0. The Labute approximate surface area is 154 Å². The maximum absolute atomic E-state index is 12.2. The highest BCUT2D eigenvalue weighted by Crippen LogP contribution is 2.27. The van der Waals surface area contributed by atoms with Crippen molar-refractivity contribution >= 4 is 17.8 Å². The van der Waals surface area contributed by atoms with Crippen LogP contribution in [0.4, 0.5) is 0 Å². The van der Waals surface area contributed by atoms with Gasteiger partial charge in [0.2, 0.25) is 0 Å². The van der Waals surface area contributed by atoms with Crippen molar-refractivity contribution in [3.05, 3.63) is 45.5 Å². The monoisotopic (exact) mass is 357 g/mol. The Hall–Kier alpha value is -2.43. The molecule has 5 heteroatoms. The average Bonchev–Trinajstić information content (AvgIpc) is 2.94. The molecule has 26 heavy (non-hydrogen) atoms. The van der Waals surface area contributed by atoms with Gasteiger partial charge in [-0.2, -0.15) is 0 Å². The van der Waals surface area contributed by atoms with E-state index in [1.54, 1.807) is 0 Å². The van der Waals surface area contributed by atoms with Crippen molar-refractivity contribution in [3.63, 3.8) is 0 Å². The number of hydrogen-bond acceptors (Lipinski definition) is 4. The van der Waals surface area contributed by atoms with Crippen LogP contribution in [0.1, 0.15) is 61.9 Å². The Kier molecular flexibility index (Phi) is 6.72. The third kappa shape index (κ3) is 4.21. The van der Waals surface area contributed by atoms with Crippen LogP contribution >= 0.6 is 0 Å². The fraction of sp³-hybridized carbons (Fsp3) is 0.476. The molecule has 0 aliphatic carbocycles. The van der Waals surface area contributed by atoms with E-state index in [0.29, 0.717) is 0 Å². The Bertz CT molecular complexity index is 732. The number of amides is 2. The molecule has 0 bridgehead atoms. The molecule has 2 amide bonds. The molecular formula is C21H27NO4. The summed E-state index contributed by atoms with van der Waals surface area (Å²) in [5.41, 5.74) is 6.36. The van der Waals surface area contributed by atoms with Gasteiger partial charge in [0.25, 0.3) is 11.8 Å². The largest absolute Gasteiger partial charge is 0.461 e. The SMILES string of the molecule is CCc1cc(CC)c(CC)c(COC(=O)CC2=CC(=O)NC2=O)c1CC. The summed E-state index contributed by atoms with van der Waals surface area (Å²) < 4.78 is 5.49. The first-order chi connectivity index (χ1) is 12.4. The van der Waals surface area contributed by atoms with Gasteiger partial charge in [0.05, 0.1) is 6.42 Å². The molecule has 5 nitrogen and oxygen atoms in total. The minimum Gasteiger partial charge on any atom is -0.461 e. The third-order valence-corrected chi connectivity index (χ3v) is 4.87. The molecule has 140 valence electrons. The fourth-order valence-electron chi connectivity index (χ4n) is 3.58. The molecule has 0 radical (unpaired) electrons. The maximum Gasteiger partial charge on any atom is 0.310 e. The van der Waals surface area contributed by atoms with Crippen LogP contribution in [0.25, 0.3) is 0 Å². The van der Waals surface area contributed by atoms with Crippen molar-refractivity contribution in [3.8, 4) is 0 Å². The predicted octanol–water partition coefficient (Wildman–Crippen LogP) is 2.95. The normalized spacial score (nSPS) is 13.6. The Morgan fingerprint density at radius 1 is 0.923 bits per heavy atom. The Morgan fingerprint density at radius 2 is 1.50 bits per heavy atom. The van der Waals surface area contributed by atoms with Gasteiger partial charge in [0, 0.05) is 11.6 Å². The van der Waals surface area contributed by atoms with Crippen molar-refractivity contribution < 1.29 is 19.1 Å². The quantitative estimate of drug-likeness (QED) is 0.573. The minimum atomic E-state index is -0.517. The maximum atomic E-state index is 12.2. The van der Waals surface area contributed by atoms with E-state index < -0.39 is 17.8 Å². The van der Waals surface area contributed by atoms with E-state index in [1.165, 1.54) is 22.3 Å². The van der Waals surface area contributed by atoms with Gasteiger partial charge in [-0.05, 0) is 53.5 Å². The molecule has 0 fully saturated rings. The summed E-state index contributed by atoms with van der Waals surface area (Å²) in [5, 5.41) is 2.13. The van der Waals surface area contributed by atoms with Crippen molar-refractivity contribution in [2.75, 3.05) is 0 Å². The topological polar surface area (TPSA) is 72.5 Å². The molecule has 1 N–H and O–H groups in total. The first-order valence-electron chi connectivity index (χ1n) is 9.31. The number of ether oxygens (including phenoxy) is 1. The van der Waals surface area contributed by atoms with E-state index in [1.807, 2.05) is 0 Å². The molecule has 0 spiro atoms. The van der Waals surface area contributed by atoms with Crippen LogP contribution in [0.2, 0.25) is 0 Å². The molecule has 0 saturated heterocycles. The summed E-state index contributed by atoms with van der Waals surface area (Å²) in [6.45, 7) is 8.71. The third-order valence-electron chi connectivity index (χ3n) is 4.87. The zero-order valence-electron chi connectivity index (χ0n) is 16.0. The molecule has 0 unspecified atom stereocenters. The molecule has 1 heterocycles. The molecule has 0 saturated carbocycles. The predicted molar refractivity (Wildman–Crippen MR) is 99.6 cm³/mol. The second kappa shape index (κ2) is 8.79. The number of benzene rings is 1. The minimum absolute atomic E-state index is 0.156. The standard InChI is InChI=1S/C21H27NO4/c1-5-13-9-14(6-2)17(8-4)18(16(13)7-3)12-26-20(24)11-15-10-19(23)22-21(15)25/h9-10H,5-8,11-12H2,1-4H3,(H,22,23,25). The van der Waals surface area contributed by atoms with Gasteiger partial charge in [-0.25, -0.2) is 0 Å². The Morgan fingerprint density at radius 3 is 1.92 bits per heavy atom. The highest BCUT2D eigenvalue weighted by molar-refractivity contribution is 6.17. The van der Waals surface area contributed by atoms with Crippen molar-refractivity contribution in [2.24, 2.45) is 0 Å². The summed E-state index contributed by atoms with van der Waals surface area (Å²) in [5.74, 6) is -1.50. The second-order valence-electron chi connectivity index (χ2n) is 6.37. The summed E-state index contributed by atoms with van der Waals surface area (Å²) >= 11 is 0. The molecule has 1 aromatic carbocycles. The van der Waals surface area contributed by atoms with E-state index in [9.17, 15) is 14.4 Å². The second-order valence-corrected chi connectivity index (χ2v) is 6.37. The number of aryl methyl sites for hydroxylation is 2. The summed E-state index contributed by atoms with van der Waals surface area (Å²) in [7, 11) is 0. The van der Waals surface area contributed by atoms with Crippen LogP contribution < -0.4 is 5.32 Å². The van der Waals surface area contributed by atoms with Gasteiger partial charge in [-0.3, -0.25) is 19.7 Å². The van der Waals surface area contributed by atoms with Gasteiger partial charge in [0.1, 0.15) is 6.61 Å². The van der Waals surface area contributed by atoms with Gasteiger partial charge in [-0.1, -0.05) is 33.8 Å². The van der Waals surface area contributed by atoms with E-state index in [-0.39, 0.29) is 18.6 Å². The smallest absolute Gasteiger partial charge is 0.310 e.